The Morgan fingerprint density at radius 3 is 2.83 bits per heavy atom. The van der Waals surface area contributed by atoms with Gasteiger partial charge in [-0.15, -0.1) is 0 Å². The molecule has 96 valence electrons. The lowest BCUT2D eigenvalue weighted by molar-refractivity contribution is 0.0937. The summed E-state index contributed by atoms with van der Waals surface area (Å²) >= 11 is 6.05. The number of amides is 1. The fraction of sp³-hybridized carbons (Fsp3) is 0.462. The fourth-order valence-corrected chi connectivity index (χ4v) is 2.70. The van der Waals surface area contributed by atoms with Gasteiger partial charge in [-0.3, -0.25) is 4.79 Å². The Kier molecular flexibility index (Phi) is 3.04. The molecule has 1 aliphatic heterocycles. The molecular formula is C13H14ClNO3. The minimum absolute atomic E-state index is 0.0953. The highest BCUT2D eigenvalue weighted by molar-refractivity contribution is 6.32. The number of hydrogen-bond acceptors (Lipinski definition) is 3. The molecule has 0 aromatic heterocycles. The molecule has 1 amide bonds. The molecule has 1 fully saturated rings. The summed E-state index contributed by atoms with van der Waals surface area (Å²) in [6.45, 7) is 0.156. The number of benzene rings is 1. The van der Waals surface area contributed by atoms with Gasteiger partial charge in [-0.2, -0.15) is 0 Å². The number of carbonyl (C=O) groups excluding carboxylic acids is 1. The zero-order valence-corrected chi connectivity index (χ0v) is 10.6. The minimum atomic E-state index is -0.0953. The summed E-state index contributed by atoms with van der Waals surface area (Å²) < 4.78 is 10.5. The van der Waals surface area contributed by atoms with Crippen molar-refractivity contribution < 1.29 is 14.3 Å². The maximum absolute atomic E-state index is 12.1. The smallest absolute Gasteiger partial charge is 0.251 e. The van der Waals surface area contributed by atoms with Gasteiger partial charge in [0.25, 0.3) is 5.91 Å². The van der Waals surface area contributed by atoms with E-state index in [-0.39, 0.29) is 12.7 Å². The van der Waals surface area contributed by atoms with Crippen molar-refractivity contribution in [2.45, 2.75) is 31.7 Å². The third-order valence-corrected chi connectivity index (χ3v) is 3.66. The van der Waals surface area contributed by atoms with Gasteiger partial charge in [-0.05, 0) is 25.0 Å². The SMILES string of the molecule is O=C(NC1CCCC1)c1cc(Cl)c2c(c1)OCO2. The van der Waals surface area contributed by atoms with Crippen molar-refractivity contribution in [1.29, 1.82) is 0 Å². The van der Waals surface area contributed by atoms with E-state index in [4.69, 9.17) is 21.1 Å². The largest absolute Gasteiger partial charge is 0.454 e. The van der Waals surface area contributed by atoms with Crippen molar-refractivity contribution in [2.24, 2.45) is 0 Å². The topological polar surface area (TPSA) is 47.6 Å². The van der Waals surface area contributed by atoms with Crippen LogP contribution in [0.2, 0.25) is 5.02 Å². The molecule has 2 aliphatic rings. The third kappa shape index (κ3) is 2.12. The molecule has 3 rings (SSSR count). The van der Waals surface area contributed by atoms with Crippen LogP contribution in [0.4, 0.5) is 0 Å². The molecule has 0 radical (unpaired) electrons. The van der Waals surface area contributed by atoms with Crippen LogP contribution in [0.25, 0.3) is 0 Å². The monoisotopic (exact) mass is 267 g/mol. The lowest BCUT2D eigenvalue weighted by atomic mass is 10.1. The van der Waals surface area contributed by atoms with E-state index < -0.39 is 0 Å². The molecule has 1 N–H and O–H groups in total. The Morgan fingerprint density at radius 2 is 2.06 bits per heavy atom. The van der Waals surface area contributed by atoms with Crippen LogP contribution >= 0.6 is 11.6 Å². The molecule has 0 saturated heterocycles. The zero-order chi connectivity index (χ0) is 12.5. The first-order valence-electron chi connectivity index (χ1n) is 6.14. The van der Waals surface area contributed by atoms with Crippen molar-refractivity contribution in [3.63, 3.8) is 0 Å². The zero-order valence-electron chi connectivity index (χ0n) is 9.87. The van der Waals surface area contributed by atoms with E-state index in [1.165, 1.54) is 12.8 Å². The third-order valence-electron chi connectivity index (χ3n) is 3.38. The number of fused-ring (bicyclic) bond motifs is 1. The Labute approximate surface area is 110 Å². The van der Waals surface area contributed by atoms with E-state index >= 15 is 0 Å². The molecule has 0 bridgehead atoms. The van der Waals surface area contributed by atoms with Gasteiger partial charge in [0.2, 0.25) is 6.79 Å². The van der Waals surface area contributed by atoms with E-state index in [1.807, 2.05) is 0 Å². The summed E-state index contributed by atoms with van der Waals surface area (Å²) in [6.07, 6.45) is 4.49. The van der Waals surface area contributed by atoms with Crippen LogP contribution in [0.1, 0.15) is 36.0 Å². The second kappa shape index (κ2) is 4.69. The van der Waals surface area contributed by atoms with Gasteiger partial charge in [0.1, 0.15) is 0 Å². The molecule has 0 unspecified atom stereocenters. The molecule has 0 spiro atoms. The lowest BCUT2D eigenvalue weighted by Crippen LogP contribution is -2.32. The summed E-state index contributed by atoms with van der Waals surface area (Å²) in [5.74, 6) is 0.968. The average Bonchev–Trinajstić information content (AvgIpc) is 2.98. The minimum Gasteiger partial charge on any atom is -0.454 e. The Balaban J connectivity index is 1.79. The quantitative estimate of drug-likeness (QED) is 0.896. The van der Waals surface area contributed by atoms with E-state index in [9.17, 15) is 4.79 Å². The molecule has 4 nitrogen and oxygen atoms in total. The first-order chi connectivity index (χ1) is 8.74. The maximum Gasteiger partial charge on any atom is 0.251 e. The number of halogens is 1. The molecule has 1 aromatic rings. The number of nitrogens with one attached hydrogen (secondary N) is 1. The molecule has 0 atom stereocenters. The highest BCUT2D eigenvalue weighted by atomic mass is 35.5. The Morgan fingerprint density at radius 1 is 1.28 bits per heavy atom. The molecule has 1 aliphatic carbocycles. The van der Waals surface area contributed by atoms with Crippen molar-refractivity contribution in [3.05, 3.63) is 22.7 Å². The number of rotatable bonds is 2. The second-order valence-corrected chi connectivity index (χ2v) is 5.05. The normalized spacial score (nSPS) is 18.1. The van der Waals surface area contributed by atoms with Crippen molar-refractivity contribution in [1.82, 2.24) is 5.32 Å². The first-order valence-corrected chi connectivity index (χ1v) is 6.52. The van der Waals surface area contributed by atoms with E-state index in [2.05, 4.69) is 5.32 Å². The van der Waals surface area contributed by atoms with Gasteiger partial charge in [0.15, 0.2) is 11.5 Å². The highest BCUT2D eigenvalue weighted by Crippen LogP contribution is 2.39. The average molecular weight is 268 g/mol. The number of carbonyl (C=O) groups is 1. The Hall–Kier alpha value is -1.42. The Bertz CT molecular complexity index is 483. The lowest BCUT2D eigenvalue weighted by Gasteiger charge is -2.12. The predicted molar refractivity (Wildman–Crippen MR) is 67.3 cm³/mol. The number of ether oxygens (including phenoxy) is 2. The van der Waals surface area contributed by atoms with Gasteiger partial charge in [0, 0.05) is 11.6 Å². The van der Waals surface area contributed by atoms with Crippen LogP contribution in [0.5, 0.6) is 11.5 Å². The molecular weight excluding hydrogens is 254 g/mol. The van der Waals surface area contributed by atoms with Crippen LogP contribution < -0.4 is 14.8 Å². The van der Waals surface area contributed by atoms with E-state index in [0.717, 1.165) is 12.8 Å². The van der Waals surface area contributed by atoms with E-state index in [1.54, 1.807) is 12.1 Å². The molecule has 1 aromatic carbocycles. The van der Waals surface area contributed by atoms with Crippen molar-refractivity contribution >= 4 is 17.5 Å². The van der Waals surface area contributed by atoms with E-state index in [0.29, 0.717) is 28.1 Å². The van der Waals surface area contributed by atoms with Crippen LogP contribution in [-0.2, 0) is 0 Å². The fourth-order valence-electron chi connectivity index (χ4n) is 2.44. The van der Waals surface area contributed by atoms with Gasteiger partial charge < -0.3 is 14.8 Å². The highest BCUT2D eigenvalue weighted by Gasteiger charge is 2.22. The van der Waals surface area contributed by atoms with Crippen LogP contribution in [-0.4, -0.2) is 18.7 Å². The van der Waals surface area contributed by atoms with Gasteiger partial charge in [0.05, 0.1) is 5.02 Å². The second-order valence-electron chi connectivity index (χ2n) is 4.65. The van der Waals surface area contributed by atoms with Crippen LogP contribution in [0, 0.1) is 0 Å². The van der Waals surface area contributed by atoms with Gasteiger partial charge in [-0.1, -0.05) is 24.4 Å². The summed E-state index contributed by atoms with van der Waals surface area (Å²) in [6, 6.07) is 3.60. The predicted octanol–water partition coefficient (Wildman–Crippen LogP) is 2.74. The van der Waals surface area contributed by atoms with Crippen molar-refractivity contribution in [2.75, 3.05) is 6.79 Å². The summed E-state index contributed by atoms with van der Waals surface area (Å²) in [4.78, 5) is 12.1. The molecule has 1 saturated carbocycles. The summed E-state index contributed by atoms with van der Waals surface area (Å²) in [7, 11) is 0. The van der Waals surface area contributed by atoms with Crippen molar-refractivity contribution in [3.8, 4) is 11.5 Å². The number of hydrogen-bond donors (Lipinski definition) is 1. The van der Waals surface area contributed by atoms with Gasteiger partial charge >= 0.3 is 0 Å². The first kappa shape index (κ1) is 11.7. The standard InChI is InChI=1S/C13H14ClNO3/c14-10-5-8(6-11-12(10)18-7-17-11)13(16)15-9-3-1-2-4-9/h5-6,9H,1-4,7H2,(H,15,16). The van der Waals surface area contributed by atoms with Crippen LogP contribution in [0.15, 0.2) is 12.1 Å². The van der Waals surface area contributed by atoms with Gasteiger partial charge in [-0.25, -0.2) is 0 Å². The molecule has 18 heavy (non-hydrogen) atoms. The summed E-state index contributed by atoms with van der Waals surface area (Å²) in [5.41, 5.74) is 0.524. The summed E-state index contributed by atoms with van der Waals surface area (Å²) in [5, 5.41) is 3.44. The maximum atomic E-state index is 12.1. The molecule has 1 heterocycles. The van der Waals surface area contributed by atoms with Crippen LogP contribution in [0.3, 0.4) is 0 Å². The molecule has 5 heteroatoms.